The fourth-order valence-electron chi connectivity index (χ4n) is 3.91. The number of hydrogen-bond donors (Lipinski definition) is 1. The van der Waals surface area contributed by atoms with Crippen molar-refractivity contribution in [1.29, 1.82) is 0 Å². The Morgan fingerprint density at radius 2 is 1.93 bits per heavy atom. The minimum Gasteiger partial charge on any atom is -0.349 e. The molecule has 8 heteroatoms. The maximum atomic E-state index is 12.9. The van der Waals surface area contributed by atoms with E-state index in [0.29, 0.717) is 5.92 Å². The fourth-order valence-corrected chi connectivity index (χ4v) is 4.12. The second-order valence-electron chi connectivity index (χ2n) is 7.70. The Balaban J connectivity index is 1.57. The molecule has 1 aromatic carbocycles. The lowest BCUT2D eigenvalue weighted by Gasteiger charge is -2.29. The molecule has 4 nitrogen and oxygen atoms in total. The van der Waals surface area contributed by atoms with E-state index in [1.54, 1.807) is 0 Å². The third-order valence-electron chi connectivity index (χ3n) is 5.50. The highest BCUT2D eigenvalue weighted by molar-refractivity contribution is 6.33. The maximum absolute atomic E-state index is 12.9. The van der Waals surface area contributed by atoms with Gasteiger partial charge in [-0.2, -0.15) is 18.3 Å². The third-order valence-corrected chi connectivity index (χ3v) is 5.83. The maximum Gasteiger partial charge on any atom is 0.416 e. The summed E-state index contributed by atoms with van der Waals surface area (Å²) in [4.78, 5) is 12.5. The number of alkyl halides is 3. The molecule has 1 fully saturated rings. The number of nitrogens with zero attached hydrogens (tertiary/aromatic N) is 2. The number of benzene rings is 1. The average Bonchev–Trinajstić information content (AvgIpc) is 3.02. The first-order valence-electron chi connectivity index (χ1n) is 9.88. The van der Waals surface area contributed by atoms with Crippen molar-refractivity contribution in [3.8, 4) is 0 Å². The molecule has 2 aromatic rings. The number of rotatable bonds is 5. The quantitative estimate of drug-likeness (QED) is 0.693. The number of carbonyl (C=O) groups is 1. The largest absolute Gasteiger partial charge is 0.416 e. The van der Waals surface area contributed by atoms with Gasteiger partial charge < -0.3 is 5.32 Å². The molecule has 1 heterocycles. The van der Waals surface area contributed by atoms with E-state index in [2.05, 4.69) is 28.1 Å². The van der Waals surface area contributed by atoms with Crippen molar-refractivity contribution < 1.29 is 18.0 Å². The molecule has 158 valence electrons. The van der Waals surface area contributed by atoms with Crippen LogP contribution in [0.4, 0.5) is 13.2 Å². The van der Waals surface area contributed by atoms with Crippen LogP contribution in [0, 0.1) is 12.8 Å². The number of carbonyl (C=O) groups excluding carboxylic acids is 1. The van der Waals surface area contributed by atoms with Crippen LogP contribution in [-0.2, 0) is 19.1 Å². The van der Waals surface area contributed by atoms with Gasteiger partial charge in [-0.1, -0.05) is 18.5 Å². The monoisotopic (exact) mass is 427 g/mol. The number of hydrogen-bond acceptors (Lipinski definition) is 2. The van der Waals surface area contributed by atoms with Crippen molar-refractivity contribution in [1.82, 2.24) is 15.1 Å². The second kappa shape index (κ2) is 8.78. The molecule has 1 amide bonds. The highest BCUT2D eigenvalue weighted by Gasteiger charge is 2.32. The molecule has 0 saturated heterocycles. The summed E-state index contributed by atoms with van der Waals surface area (Å²) in [7, 11) is 0. The van der Waals surface area contributed by atoms with Crippen LogP contribution < -0.4 is 5.32 Å². The summed E-state index contributed by atoms with van der Waals surface area (Å²) in [6.45, 7) is 4.95. The summed E-state index contributed by atoms with van der Waals surface area (Å²) >= 11 is 5.96. The summed E-state index contributed by atoms with van der Waals surface area (Å²) in [5.41, 5.74) is 1.22. The predicted molar refractivity (Wildman–Crippen MR) is 106 cm³/mol. The molecule has 1 N–H and O–H groups in total. The molecule has 0 bridgehead atoms. The smallest absolute Gasteiger partial charge is 0.349 e. The van der Waals surface area contributed by atoms with E-state index in [1.807, 2.05) is 6.92 Å². The zero-order valence-corrected chi connectivity index (χ0v) is 17.3. The molecule has 3 rings (SSSR count). The Morgan fingerprint density at radius 3 is 2.55 bits per heavy atom. The normalized spacial score (nSPS) is 19.9. The van der Waals surface area contributed by atoms with E-state index in [1.165, 1.54) is 5.69 Å². The van der Waals surface area contributed by atoms with Gasteiger partial charge in [-0.05, 0) is 69.2 Å². The molecule has 0 aliphatic heterocycles. The van der Waals surface area contributed by atoms with E-state index >= 15 is 0 Å². The molecule has 29 heavy (non-hydrogen) atoms. The van der Waals surface area contributed by atoms with Crippen LogP contribution in [0.5, 0.6) is 0 Å². The van der Waals surface area contributed by atoms with Gasteiger partial charge in [0.1, 0.15) is 0 Å². The number of halogens is 4. The van der Waals surface area contributed by atoms with E-state index in [-0.39, 0.29) is 16.6 Å². The lowest BCUT2D eigenvalue weighted by Crippen LogP contribution is -2.38. The molecule has 1 aliphatic rings. The minimum absolute atomic E-state index is 0.0188. The molecule has 0 radical (unpaired) electrons. The van der Waals surface area contributed by atoms with Crippen LogP contribution >= 0.6 is 11.6 Å². The molecular weight excluding hydrogens is 403 g/mol. The second-order valence-corrected chi connectivity index (χ2v) is 8.10. The molecule has 1 aromatic heterocycles. The standard InChI is InChI=1S/C21H25ClF3N3O/c1-3-17-10-13(2)27-28(17)12-14-4-7-16(8-5-14)26-20(29)18-11-15(21(23,24)25)6-9-19(18)22/h6,9-11,14,16H,3-5,7-8,12H2,1-2H3,(H,26,29)/t14-,16-. The number of aryl methyl sites for hydroxylation is 2. The Hall–Kier alpha value is -2.02. The number of aromatic nitrogens is 2. The SMILES string of the molecule is CCc1cc(C)nn1C[C@H]1CC[C@H](NC(=O)c2cc(C(F)(F)F)ccc2Cl)CC1. The number of nitrogens with one attached hydrogen (secondary N) is 1. The third kappa shape index (κ3) is 5.32. The van der Waals surface area contributed by atoms with Crippen molar-refractivity contribution in [2.24, 2.45) is 5.92 Å². The van der Waals surface area contributed by atoms with Gasteiger partial charge in [0, 0.05) is 18.3 Å². The highest BCUT2D eigenvalue weighted by atomic mass is 35.5. The Bertz CT molecular complexity index is 871. The van der Waals surface area contributed by atoms with E-state index in [0.717, 1.165) is 62.5 Å². The Kier molecular flexibility index (Phi) is 6.56. The molecule has 1 saturated carbocycles. The van der Waals surface area contributed by atoms with Gasteiger partial charge in [0.05, 0.1) is 21.8 Å². The van der Waals surface area contributed by atoms with Crippen LogP contribution in [0.3, 0.4) is 0 Å². The minimum atomic E-state index is -4.51. The van der Waals surface area contributed by atoms with E-state index in [4.69, 9.17) is 11.6 Å². The summed E-state index contributed by atoms with van der Waals surface area (Å²) in [5.74, 6) is -0.0783. The summed E-state index contributed by atoms with van der Waals surface area (Å²) in [6.07, 6.45) is -0.139. The zero-order valence-electron chi connectivity index (χ0n) is 16.5. The lowest BCUT2D eigenvalue weighted by atomic mass is 9.86. The molecular formula is C21H25ClF3N3O. The zero-order chi connectivity index (χ0) is 21.2. The van der Waals surface area contributed by atoms with Crippen LogP contribution in [0.2, 0.25) is 5.02 Å². The van der Waals surface area contributed by atoms with Crippen LogP contribution in [0.1, 0.15) is 59.9 Å². The Labute approximate surface area is 173 Å². The van der Waals surface area contributed by atoms with Crippen LogP contribution in [0.15, 0.2) is 24.3 Å². The van der Waals surface area contributed by atoms with Gasteiger partial charge >= 0.3 is 6.18 Å². The predicted octanol–water partition coefficient (Wildman–Crippen LogP) is 5.41. The fraction of sp³-hybridized carbons (Fsp3) is 0.524. The summed E-state index contributed by atoms with van der Waals surface area (Å²) in [6, 6.07) is 4.86. The first-order chi connectivity index (χ1) is 13.7. The molecule has 1 aliphatic carbocycles. The topological polar surface area (TPSA) is 46.9 Å². The number of amides is 1. The lowest BCUT2D eigenvalue weighted by molar-refractivity contribution is -0.137. The first kappa shape index (κ1) is 21.7. The molecule has 0 unspecified atom stereocenters. The van der Waals surface area contributed by atoms with Gasteiger partial charge in [0.25, 0.3) is 5.91 Å². The highest BCUT2D eigenvalue weighted by Crippen LogP contribution is 2.32. The van der Waals surface area contributed by atoms with Gasteiger partial charge in [0.2, 0.25) is 0 Å². The first-order valence-corrected chi connectivity index (χ1v) is 10.3. The van der Waals surface area contributed by atoms with E-state index < -0.39 is 17.6 Å². The van der Waals surface area contributed by atoms with E-state index in [9.17, 15) is 18.0 Å². The van der Waals surface area contributed by atoms with Gasteiger partial charge in [-0.25, -0.2) is 0 Å². The van der Waals surface area contributed by atoms with Crippen LogP contribution in [0.25, 0.3) is 0 Å². The van der Waals surface area contributed by atoms with Gasteiger partial charge in [0.15, 0.2) is 0 Å². The van der Waals surface area contributed by atoms with Gasteiger partial charge in [-0.3, -0.25) is 9.48 Å². The van der Waals surface area contributed by atoms with Crippen molar-refractivity contribution in [2.75, 3.05) is 0 Å². The van der Waals surface area contributed by atoms with Crippen molar-refractivity contribution in [2.45, 2.75) is 64.7 Å². The van der Waals surface area contributed by atoms with Crippen molar-refractivity contribution in [3.63, 3.8) is 0 Å². The molecule has 0 spiro atoms. The average molecular weight is 428 g/mol. The van der Waals surface area contributed by atoms with Gasteiger partial charge in [-0.15, -0.1) is 0 Å². The van der Waals surface area contributed by atoms with Crippen molar-refractivity contribution >= 4 is 17.5 Å². The summed E-state index contributed by atoms with van der Waals surface area (Å²) in [5, 5.41) is 7.43. The van der Waals surface area contributed by atoms with Crippen LogP contribution in [-0.4, -0.2) is 21.7 Å². The molecule has 0 atom stereocenters. The summed E-state index contributed by atoms with van der Waals surface area (Å²) < 4.78 is 40.8. The van der Waals surface area contributed by atoms with Crippen molar-refractivity contribution in [3.05, 3.63) is 51.8 Å². The Morgan fingerprint density at radius 1 is 1.24 bits per heavy atom.